The number of likely N-dealkylation sites (N-methyl/N-ethyl adjacent to an activating group) is 1. The quantitative estimate of drug-likeness (QED) is 0.0800. The largest absolute Gasteiger partial charge is 0.388 e. The summed E-state index contributed by atoms with van der Waals surface area (Å²) < 4.78 is 29.6. The Morgan fingerprint density at radius 2 is 2.00 bits per heavy atom. The highest BCUT2D eigenvalue weighted by Crippen LogP contribution is 2.42. The van der Waals surface area contributed by atoms with Crippen molar-refractivity contribution in [3.05, 3.63) is 35.9 Å². The summed E-state index contributed by atoms with van der Waals surface area (Å²) in [6.45, 7) is 18.9. The summed E-state index contributed by atoms with van der Waals surface area (Å²) >= 11 is 0. The third kappa shape index (κ3) is 10.5. The van der Waals surface area contributed by atoms with Crippen LogP contribution in [0.2, 0.25) is 0 Å². The van der Waals surface area contributed by atoms with E-state index in [4.69, 9.17) is 10.4 Å². The molecule has 6 atom stereocenters. The minimum Gasteiger partial charge on any atom is -0.388 e. The zero-order valence-corrected chi connectivity index (χ0v) is 29.7. The number of unbranched alkanes of at least 4 members (excludes halogenated alkanes) is 1. The lowest BCUT2D eigenvalue weighted by atomic mass is 9.69. The molecule has 0 aromatic carbocycles. The summed E-state index contributed by atoms with van der Waals surface area (Å²) in [5, 5.41) is 18.9. The van der Waals surface area contributed by atoms with Crippen LogP contribution in [-0.2, 0) is 4.79 Å². The predicted octanol–water partition coefficient (Wildman–Crippen LogP) is 6.71. The fourth-order valence-corrected chi connectivity index (χ4v) is 8.15. The van der Waals surface area contributed by atoms with E-state index < -0.39 is 17.9 Å². The molecule has 1 saturated heterocycles. The van der Waals surface area contributed by atoms with E-state index in [0.717, 1.165) is 37.9 Å². The molecule has 11 heteroatoms. The van der Waals surface area contributed by atoms with Crippen LogP contribution in [0, 0.1) is 34.5 Å². The summed E-state index contributed by atoms with van der Waals surface area (Å²) in [5.41, 5.74) is 7.10. The molecule has 48 heavy (non-hydrogen) atoms. The van der Waals surface area contributed by atoms with Crippen molar-refractivity contribution in [3.63, 3.8) is 0 Å². The van der Waals surface area contributed by atoms with Gasteiger partial charge in [-0.2, -0.15) is 0 Å². The highest BCUT2D eigenvalue weighted by molar-refractivity contribution is 5.93. The van der Waals surface area contributed by atoms with Crippen LogP contribution < -0.4 is 21.4 Å². The number of nitrogens with zero attached hydrogens (tertiary/aromatic N) is 3. The predicted molar refractivity (Wildman–Crippen MR) is 192 cm³/mol. The van der Waals surface area contributed by atoms with E-state index in [1.54, 1.807) is 6.08 Å². The number of carbonyl (C=O) groups excluding carboxylic acids is 1. The van der Waals surface area contributed by atoms with Crippen molar-refractivity contribution in [2.24, 2.45) is 39.1 Å². The number of aliphatic imine (C=N–C) groups is 2. The first kappa shape index (κ1) is 37.7. The molecule has 2 saturated carbocycles. The molecule has 0 radical (unpaired) electrons. The Labute approximate surface area is 287 Å². The Bertz CT molecular complexity index is 1240. The van der Waals surface area contributed by atoms with Crippen molar-refractivity contribution in [2.75, 3.05) is 19.8 Å². The molecule has 2 heterocycles. The second kappa shape index (κ2) is 17.0. The van der Waals surface area contributed by atoms with E-state index in [0.29, 0.717) is 68.0 Å². The topological polar surface area (TPSA) is 117 Å². The number of rotatable bonds is 14. The Morgan fingerprint density at radius 3 is 2.69 bits per heavy atom. The average molecular weight is 671 g/mol. The standard InChI is InChI=1S/C37H60F2N8O/c1-7-42-30(14-8-9-17-40)35(48)45-34(28-13-11-16-37(38,39)21-28)32(41-6)23-47-24-44-33(27-12-10-15-36(4,5)20-27)31(46-47)19-29-18-25(2)22-43-26(29)3/h14,17,23,25,27-29,31,34,40,42-43,46H,3,6-13,15-16,18-22,24H2,1-2,4-5H3,(H,45,48)/b30-14-,32-23-,40-17?. The molecule has 4 rings (SSSR count). The average Bonchev–Trinajstić information content (AvgIpc) is 3.03. The van der Waals surface area contributed by atoms with Gasteiger partial charge < -0.3 is 21.4 Å². The molecule has 2 aliphatic heterocycles. The monoisotopic (exact) mass is 670 g/mol. The van der Waals surface area contributed by atoms with Gasteiger partial charge in [0.25, 0.3) is 5.91 Å². The number of hydrogen-bond acceptors (Lipinski definition) is 8. The fourth-order valence-electron chi connectivity index (χ4n) is 8.15. The third-order valence-electron chi connectivity index (χ3n) is 10.6. The van der Waals surface area contributed by atoms with Gasteiger partial charge in [0.2, 0.25) is 5.92 Å². The van der Waals surface area contributed by atoms with Gasteiger partial charge in [0.15, 0.2) is 0 Å². The number of alkyl halides is 2. The van der Waals surface area contributed by atoms with Gasteiger partial charge in [-0.1, -0.05) is 39.8 Å². The lowest BCUT2D eigenvalue weighted by Gasteiger charge is -2.43. The highest BCUT2D eigenvalue weighted by atomic mass is 19.3. The summed E-state index contributed by atoms with van der Waals surface area (Å²) in [6.07, 6.45) is 12.9. The molecule has 5 N–H and O–H groups in total. The zero-order chi connectivity index (χ0) is 34.9. The van der Waals surface area contributed by atoms with E-state index in [9.17, 15) is 13.6 Å². The molecule has 0 aromatic heterocycles. The van der Waals surface area contributed by atoms with Gasteiger partial charge in [0, 0.05) is 49.5 Å². The van der Waals surface area contributed by atoms with Crippen LogP contribution in [0.1, 0.15) is 105 Å². The SMILES string of the molecule is C=N/C(=C\N1CN=C(C2CCCC(C)(C)C2)C(CC2CC(C)CNC2=C)N1)C(NC(=O)/C(=C/CCC=N)NCC)C1CCCC(F)(F)C1. The maximum Gasteiger partial charge on any atom is 0.267 e. The molecule has 1 amide bonds. The number of amides is 1. The second-order valence-corrected chi connectivity index (χ2v) is 15.3. The van der Waals surface area contributed by atoms with E-state index in [1.807, 2.05) is 18.1 Å². The maximum absolute atomic E-state index is 14.8. The van der Waals surface area contributed by atoms with Gasteiger partial charge in [-0.3, -0.25) is 19.8 Å². The molecular weight excluding hydrogens is 610 g/mol. The molecule has 9 nitrogen and oxygen atoms in total. The smallest absolute Gasteiger partial charge is 0.267 e. The molecule has 0 bridgehead atoms. The molecule has 0 spiro atoms. The van der Waals surface area contributed by atoms with Crippen LogP contribution in [0.15, 0.2) is 45.9 Å². The van der Waals surface area contributed by atoms with Crippen LogP contribution in [0.25, 0.3) is 0 Å². The van der Waals surface area contributed by atoms with Crippen molar-refractivity contribution < 1.29 is 13.6 Å². The number of piperidine rings is 1. The Kier molecular flexibility index (Phi) is 13.4. The van der Waals surface area contributed by atoms with Crippen molar-refractivity contribution in [1.29, 1.82) is 5.41 Å². The van der Waals surface area contributed by atoms with E-state index >= 15 is 0 Å². The Hall–Kier alpha value is -3.08. The van der Waals surface area contributed by atoms with Gasteiger partial charge in [-0.25, -0.2) is 14.2 Å². The number of carbonyl (C=O) groups is 1. The second-order valence-electron chi connectivity index (χ2n) is 15.3. The highest BCUT2D eigenvalue weighted by Gasteiger charge is 2.42. The van der Waals surface area contributed by atoms with Crippen LogP contribution in [0.3, 0.4) is 0 Å². The van der Waals surface area contributed by atoms with E-state index in [-0.39, 0.29) is 30.2 Å². The summed E-state index contributed by atoms with van der Waals surface area (Å²) in [6, 6.07) is -0.781. The van der Waals surface area contributed by atoms with E-state index in [1.165, 1.54) is 24.8 Å². The summed E-state index contributed by atoms with van der Waals surface area (Å²) in [7, 11) is 0. The molecule has 4 aliphatic rings. The van der Waals surface area contributed by atoms with Gasteiger partial charge in [-0.15, -0.1) is 0 Å². The third-order valence-corrected chi connectivity index (χ3v) is 10.6. The number of allylic oxidation sites excluding steroid dienone is 2. The number of nitrogens with one attached hydrogen (secondary N) is 5. The fraction of sp³-hybridized carbons (Fsp3) is 0.730. The first-order valence-corrected chi connectivity index (χ1v) is 18.1. The van der Waals surface area contributed by atoms with Crippen LogP contribution >= 0.6 is 0 Å². The van der Waals surface area contributed by atoms with Gasteiger partial charge in [0.1, 0.15) is 6.67 Å². The molecule has 3 fully saturated rings. The molecular formula is C37H60F2N8O. The van der Waals surface area contributed by atoms with Gasteiger partial charge in [-0.05, 0) is 101 Å². The Balaban J connectivity index is 1.64. The number of hydrazine groups is 1. The number of hydrogen-bond donors (Lipinski definition) is 5. The summed E-state index contributed by atoms with van der Waals surface area (Å²) in [5.74, 6) is -2.45. The van der Waals surface area contributed by atoms with Crippen molar-refractivity contribution in [3.8, 4) is 0 Å². The van der Waals surface area contributed by atoms with E-state index in [2.05, 4.69) is 60.4 Å². The lowest BCUT2D eigenvalue weighted by Crippen LogP contribution is -2.54. The van der Waals surface area contributed by atoms with Gasteiger partial charge >= 0.3 is 0 Å². The first-order chi connectivity index (χ1) is 22.8. The molecule has 0 aromatic rings. The van der Waals surface area contributed by atoms with Gasteiger partial charge in [0.05, 0.1) is 23.5 Å². The zero-order valence-electron chi connectivity index (χ0n) is 29.7. The van der Waals surface area contributed by atoms with Crippen LogP contribution in [-0.4, -0.2) is 67.3 Å². The molecule has 268 valence electrons. The summed E-state index contributed by atoms with van der Waals surface area (Å²) in [4.78, 5) is 23.2. The minimum atomic E-state index is -2.81. The molecule has 2 aliphatic carbocycles. The number of halogens is 2. The van der Waals surface area contributed by atoms with Crippen molar-refractivity contribution >= 4 is 24.6 Å². The molecule has 6 unspecified atom stereocenters. The maximum atomic E-state index is 14.8. The Morgan fingerprint density at radius 1 is 1.23 bits per heavy atom. The minimum absolute atomic E-state index is 0.0157. The lowest BCUT2D eigenvalue weighted by molar-refractivity contribution is -0.119. The van der Waals surface area contributed by atoms with Crippen molar-refractivity contribution in [1.82, 2.24) is 26.4 Å². The normalized spacial score (nSPS) is 30.0. The first-order valence-electron chi connectivity index (χ1n) is 18.1. The van der Waals surface area contributed by atoms with Crippen LogP contribution in [0.5, 0.6) is 0 Å². The van der Waals surface area contributed by atoms with Crippen molar-refractivity contribution in [2.45, 2.75) is 123 Å². The van der Waals surface area contributed by atoms with Crippen LogP contribution in [0.4, 0.5) is 8.78 Å².